The Labute approximate surface area is 186 Å². The van der Waals surface area contributed by atoms with Crippen molar-refractivity contribution in [3.63, 3.8) is 0 Å². The molecule has 0 spiro atoms. The number of ketones is 1. The van der Waals surface area contributed by atoms with Gasteiger partial charge in [-0.15, -0.1) is 0 Å². The average molecular weight is 432 g/mol. The van der Waals surface area contributed by atoms with E-state index in [0.29, 0.717) is 11.3 Å². The summed E-state index contributed by atoms with van der Waals surface area (Å²) < 4.78 is 16.9. The molecule has 0 bridgehead atoms. The molecule has 0 fully saturated rings. The largest absolute Gasteiger partial charge is 0.351 e. The Morgan fingerprint density at radius 1 is 0.812 bits per heavy atom. The number of alkyl halides is 1. The van der Waals surface area contributed by atoms with Crippen LogP contribution in [0.3, 0.4) is 0 Å². The first-order chi connectivity index (χ1) is 15.5. The lowest BCUT2D eigenvalue weighted by molar-refractivity contribution is -0.129. The number of halogens is 1. The smallest absolute Gasteiger partial charge is 0.331 e. The van der Waals surface area contributed by atoms with Crippen molar-refractivity contribution in [3.05, 3.63) is 102 Å². The van der Waals surface area contributed by atoms with Gasteiger partial charge in [-0.2, -0.15) is 4.39 Å². The summed E-state index contributed by atoms with van der Waals surface area (Å²) in [5.41, 5.74) is 0.238. The molecule has 6 heteroatoms. The quantitative estimate of drug-likeness (QED) is 0.229. The number of hydrogen-bond donors (Lipinski definition) is 1. The number of hydrogen-bond acceptors (Lipinski definition) is 3. The number of para-hydroxylation sites is 1. The molecule has 164 valence electrons. The van der Waals surface area contributed by atoms with Crippen LogP contribution in [0.15, 0.2) is 91.0 Å². The van der Waals surface area contributed by atoms with E-state index in [1.165, 1.54) is 36.4 Å². The van der Waals surface area contributed by atoms with Crippen molar-refractivity contribution in [3.8, 4) is 0 Å². The standard InChI is InChI=1S/C26H25FN2O3/c1-2-3-19-28-25(32)26(27,23(30)20-13-7-4-8-14-20)29(22-17-11-6-12-18-22)24(31)21-15-9-5-10-16-21/h4-18H,2-3,19H2,1H3,(H,28,32). The minimum absolute atomic E-state index is 0.0116. The van der Waals surface area contributed by atoms with Gasteiger partial charge in [-0.1, -0.05) is 80.1 Å². The normalized spacial score (nSPS) is 12.4. The van der Waals surface area contributed by atoms with Crippen molar-refractivity contribution in [2.45, 2.75) is 25.6 Å². The van der Waals surface area contributed by atoms with E-state index < -0.39 is 23.4 Å². The number of unbranched alkanes of at least 4 members (excludes halogenated alkanes) is 1. The van der Waals surface area contributed by atoms with Gasteiger partial charge in [0.15, 0.2) is 0 Å². The molecule has 0 radical (unpaired) electrons. The zero-order valence-corrected chi connectivity index (χ0v) is 17.8. The first kappa shape index (κ1) is 22.9. The summed E-state index contributed by atoms with van der Waals surface area (Å²) >= 11 is 0. The molecule has 0 saturated heterocycles. The summed E-state index contributed by atoms with van der Waals surface area (Å²) in [6.07, 6.45) is 1.39. The zero-order valence-electron chi connectivity index (χ0n) is 17.8. The minimum atomic E-state index is -3.29. The summed E-state index contributed by atoms with van der Waals surface area (Å²) in [4.78, 5) is 40.8. The van der Waals surface area contributed by atoms with Gasteiger partial charge in [-0.3, -0.25) is 19.3 Å². The van der Waals surface area contributed by atoms with Gasteiger partial charge in [0.25, 0.3) is 11.8 Å². The van der Waals surface area contributed by atoms with Gasteiger partial charge in [0.1, 0.15) is 0 Å². The molecule has 0 aromatic heterocycles. The minimum Gasteiger partial charge on any atom is -0.351 e. The molecule has 3 rings (SSSR count). The second-order valence-corrected chi connectivity index (χ2v) is 7.27. The SMILES string of the molecule is CCCCNC(=O)C(F)(C(=O)c1ccccc1)N(C(=O)c1ccccc1)c1ccccc1. The highest BCUT2D eigenvalue weighted by atomic mass is 19.1. The van der Waals surface area contributed by atoms with Crippen molar-refractivity contribution < 1.29 is 18.8 Å². The van der Waals surface area contributed by atoms with Crippen LogP contribution in [0.4, 0.5) is 10.1 Å². The fraction of sp³-hybridized carbons (Fsp3) is 0.192. The Balaban J connectivity index is 2.17. The third-order valence-electron chi connectivity index (χ3n) is 5.00. The van der Waals surface area contributed by atoms with Crippen LogP contribution < -0.4 is 10.2 Å². The molecule has 2 amide bonds. The summed E-state index contributed by atoms with van der Waals surface area (Å²) in [6.45, 7) is 2.12. The van der Waals surface area contributed by atoms with E-state index in [1.807, 2.05) is 6.92 Å². The lowest BCUT2D eigenvalue weighted by Crippen LogP contribution is -2.63. The van der Waals surface area contributed by atoms with Crippen molar-refractivity contribution in [2.75, 3.05) is 11.4 Å². The Morgan fingerprint density at radius 2 is 1.31 bits per heavy atom. The van der Waals surface area contributed by atoms with Crippen molar-refractivity contribution in [2.24, 2.45) is 0 Å². The number of rotatable bonds is 9. The lowest BCUT2D eigenvalue weighted by atomic mass is 9.97. The number of amides is 2. The molecular formula is C26H25FN2O3. The molecule has 0 saturated carbocycles. The summed E-state index contributed by atoms with van der Waals surface area (Å²) in [6, 6.07) is 23.6. The molecule has 0 aliphatic carbocycles. The lowest BCUT2D eigenvalue weighted by Gasteiger charge is -2.35. The number of carbonyl (C=O) groups excluding carboxylic acids is 3. The van der Waals surface area contributed by atoms with Gasteiger partial charge < -0.3 is 5.32 Å². The second-order valence-electron chi connectivity index (χ2n) is 7.27. The molecule has 0 aliphatic heterocycles. The Kier molecular flexibility index (Phi) is 7.49. The monoisotopic (exact) mass is 432 g/mol. The van der Waals surface area contributed by atoms with Crippen molar-refractivity contribution >= 4 is 23.3 Å². The van der Waals surface area contributed by atoms with E-state index in [0.717, 1.165) is 6.42 Å². The van der Waals surface area contributed by atoms with Crippen LogP contribution in [-0.2, 0) is 4.79 Å². The Bertz CT molecular complexity index is 1060. The van der Waals surface area contributed by atoms with Gasteiger partial charge in [-0.25, -0.2) is 0 Å². The third kappa shape index (κ3) is 4.75. The van der Waals surface area contributed by atoms with Crippen LogP contribution in [0, 0.1) is 0 Å². The second kappa shape index (κ2) is 10.5. The molecule has 1 unspecified atom stereocenters. The number of carbonyl (C=O) groups is 3. The van der Waals surface area contributed by atoms with E-state index in [2.05, 4.69) is 5.32 Å². The van der Waals surface area contributed by atoms with E-state index in [9.17, 15) is 14.4 Å². The van der Waals surface area contributed by atoms with Gasteiger partial charge in [0.2, 0.25) is 5.78 Å². The molecule has 3 aromatic carbocycles. The van der Waals surface area contributed by atoms with Crippen LogP contribution in [0.2, 0.25) is 0 Å². The van der Waals surface area contributed by atoms with Gasteiger partial charge in [-0.05, 0) is 30.7 Å². The first-order valence-corrected chi connectivity index (χ1v) is 10.5. The first-order valence-electron chi connectivity index (χ1n) is 10.5. The van der Waals surface area contributed by atoms with Gasteiger partial charge in [0.05, 0.1) is 0 Å². The number of nitrogens with zero attached hydrogens (tertiary/aromatic N) is 1. The van der Waals surface area contributed by atoms with Crippen molar-refractivity contribution in [1.29, 1.82) is 0 Å². The maximum Gasteiger partial charge on any atom is 0.331 e. The van der Waals surface area contributed by atoms with Crippen LogP contribution in [-0.4, -0.2) is 29.9 Å². The van der Waals surface area contributed by atoms with Crippen molar-refractivity contribution in [1.82, 2.24) is 5.32 Å². The predicted octanol–water partition coefficient (Wildman–Crippen LogP) is 4.80. The zero-order chi connectivity index (χ0) is 23.0. The molecular weight excluding hydrogens is 407 g/mol. The predicted molar refractivity (Wildman–Crippen MR) is 122 cm³/mol. The highest BCUT2D eigenvalue weighted by Gasteiger charge is 2.55. The summed E-state index contributed by atoms with van der Waals surface area (Å²) in [7, 11) is 0. The van der Waals surface area contributed by atoms with E-state index in [1.54, 1.807) is 54.6 Å². The van der Waals surface area contributed by atoms with E-state index in [-0.39, 0.29) is 23.4 Å². The average Bonchev–Trinajstić information content (AvgIpc) is 2.85. The van der Waals surface area contributed by atoms with E-state index >= 15 is 4.39 Å². The molecule has 1 N–H and O–H groups in total. The van der Waals surface area contributed by atoms with Crippen LogP contribution in [0.25, 0.3) is 0 Å². The van der Waals surface area contributed by atoms with Crippen LogP contribution in [0.5, 0.6) is 0 Å². The number of nitrogens with one attached hydrogen (secondary N) is 1. The molecule has 1 atom stereocenters. The fourth-order valence-corrected chi connectivity index (χ4v) is 3.30. The number of anilines is 1. The maximum absolute atomic E-state index is 16.9. The van der Waals surface area contributed by atoms with E-state index in [4.69, 9.17) is 0 Å². The summed E-state index contributed by atoms with van der Waals surface area (Å²) in [5.74, 6) is -6.37. The highest BCUT2D eigenvalue weighted by molar-refractivity contribution is 6.24. The third-order valence-corrected chi connectivity index (χ3v) is 5.00. The molecule has 0 heterocycles. The highest BCUT2D eigenvalue weighted by Crippen LogP contribution is 2.31. The maximum atomic E-state index is 16.9. The topological polar surface area (TPSA) is 66.5 Å². The van der Waals surface area contributed by atoms with Gasteiger partial charge >= 0.3 is 5.79 Å². The molecule has 0 aliphatic rings. The molecule has 5 nitrogen and oxygen atoms in total. The summed E-state index contributed by atoms with van der Waals surface area (Å²) in [5, 5.41) is 2.50. The number of Topliss-reactive ketones (excluding diaryl/α,β-unsaturated/α-hetero) is 1. The number of benzene rings is 3. The fourth-order valence-electron chi connectivity index (χ4n) is 3.30. The van der Waals surface area contributed by atoms with Gasteiger partial charge in [0, 0.05) is 23.4 Å². The Morgan fingerprint density at radius 3 is 1.84 bits per heavy atom. The molecule has 32 heavy (non-hydrogen) atoms. The Hall–Kier alpha value is -3.80. The van der Waals surface area contributed by atoms with Crippen LogP contribution >= 0.6 is 0 Å². The molecule has 3 aromatic rings. The van der Waals surface area contributed by atoms with Crippen LogP contribution in [0.1, 0.15) is 40.5 Å².